The Kier molecular flexibility index (Phi) is 5.66. The Balaban J connectivity index is 1.57. The summed E-state index contributed by atoms with van der Waals surface area (Å²) in [7, 11) is -7.19. The number of benzene rings is 1. The summed E-state index contributed by atoms with van der Waals surface area (Å²) >= 11 is 7.95. The van der Waals surface area contributed by atoms with E-state index in [1.54, 1.807) is 6.07 Å². The van der Waals surface area contributed by atoms with E-state index in [9.17, 15) is 21.6 Å². The third-order valence-electron chi connectivity index (χ3n) is 4.64. The second-order valence-electron chi connectivity index (χ2n) is 6.74. The van der Waals surface area contributed by atoms with Gasteiger partial charge in [-0.3, -0.25) is 4.79 Å². The number of amides is 1. The van der Waals surface area contributed by atoms with Crippen LogP contribution in [-0.4, -0.2) is 50.9 Å². The fourth-order valence-corrected chi connectivity index (χ4v) is 8.12. The van der Waals surface area contributed by atoms with E-state index in [1.807, 2.05) is 0 Å². The van der Waals surface area contributed by atoms with Crippen molar-refractivity contribution >= 4 is 75.4 Å². The number of nitrogens with one attached hydrogen (secondary N) is 1. The van der Waals surface area contributed by atoms with E-state index in [1.165, 1.54) is 28.6 Å². The van der Waals surface area contributed by atoms with Gasteiger partial charge in [0.25, 0.3) is 10.0 Å². The SMILES string of the molecule is CS(=O)(=O)c1ccc2nc(NC(=O)C3CCCN3S(=O)(=O)c3ccc(Cl)s3)sc2c1. The van der Waals surface area contributed by atoms with Gasteiger partial charge in [-0.15, -0.1) is 11.3 Å². The number of thiophene rings is 1. The fourth-order valence-electron chi connectivity index (χ4n) is 3.22. The summed E-state index contributed by atoms with van der Waals surface area (Å²) in [4.78, 5) is 17.3. The van der Waals surface area contributed by atoms with Gasteiger partial charge in [-0.05, 0) is 43.2 Å². The number of hydrogen-bond acceptors (Lipinski definition) is 8. The second kappa shape index (κ2) is 7.84. The van der Waals surface area contributed by atoms with Gasteiger partial charge >= 0.3 is 0 Å². The van der Waals surface area contributed by atoms with Crippen LogP contribution in [0, 0.1) is 0 Å². The van der Waals surface area contributed by atoms with E-state index in [2.05, 4.69) is 10.3 Å². The lowest BCUT2D eigenvalue weighted by atomic mass is 10.2. The van der Waals surface area contributed by atoms with Gasteiger partial charge in [-0.1, -0.05) is 22.9 Å². The maximum Gasteiger partial charge on any atom is 0.253 e. The average Bonchev–Trinajstić information content (AvgIpc) is 3.38. The lowest BCUT2D eigenvalue weighted by molar-refractivity contribution is -0.119. The van der Waals surface area contributed by atoms with Crippen molar-refractivity contribution in [3.8, 4) is 0 Å². The minimum Gasteiger partial charge on any atom is -0.301 e. The van der Waals surface area contributed by atoms with Crippen LogP contribution in [0.2, 0.25) is 4.34 Å². The van der Waals surface area contributed by atoms with Gasteiger partial charge in [0.1, 0.15) is 10.3 Å². The highest BCUT2D eigenvalue weighted by molar-refractivity contribution is 7.91. The molecule has 1 saturated heterocycles. The Bertz CT molecular complexity index is 1350. The van der Waals surface area contributed by atoms with Crippen LogP contribution in [0.1, 0.15) is 12.8 Å². The smallest absolute Gasteiger partial charge is 0.253 e. The van der Waals surface area contributed by atoms with Gasteiger partial charge in [0.2, 0.25) is 5.91 Å². The molecular formula is C17H16ClN3O5S4. The van der Waals surface area contributed by atoms with Crippen molar-refractivity contribution in [3.05, 3.63) is 34.7 Å². The van der Waals surface area contributed by atoms with Gasteiger partial charge in [0.05, 0.1) is 19.4 Å². The van der Waals surface area contributed by atoms with Crippen LogP contribution in [-0.2, 0) is 24.7 Å². The predicted molar refractivity (Wildman–Crippen MR) is 118 cm³/mol. The Morgan fingerprint density at radius 3 is 2.63 bits per heavy atom. The quantitative estimate of drug-likeness (QED) is 0.569. The van der Waals surface area contributed by atoms with Crippen LogP contribution in [0.25, 0.3) is 10.2 Å². The van der Waals surface area contributed by atoms with Crippen LogP contribution in [0.5, 0.6) is 0 Å². The van der Waals surface area contributed by atoms with Crippen molar-refractivity contribution in [1.82, 2.24) is 9.29 Å². The minimum atomic E-state index is -3.83. The molecule has 1 unspecified atom stereocenters. The molecule has 13 heteroatoms. The third kappa shape index (κ3) is 4.12. The highest BCUT2D eigenvalue weighted by Crippen LogP contribution is 2.33. The summed E-state index contributed by atoms with van der Waals surface area (Å²) in [6.45, 7) is 0.244. The van der Waals surface area contributed by atoms with E-state index < -0.39 is 31.8 Å². The third-order valence-corrected chi connectivity index (χ3v) is 10.3. The van der Waals surface area contributed by atoms with Crippen LogP contribution in [0.3, 0.4) is 0 Å². The van der Waals surface area contributed by atoms with Crippen LogP contribution in [0.4, 0.5) is 5.13 Å². The Morgan fingerprint density at radius 2 is 1.97 bits per heavy atom. The molecule has 0 aliphatic carbocycles. The molecule has 1 N–H and O–H groups in total. The molecule has 0 bridgehead atoms. The Morgan fingerprint density at radius 1 is 1.20 bits per heavy atom. The molecule has 0 spiro atoms. The summed E-state index contributed by atoms with van der Waals surface area (Å²) in [5, 5.41) is 2.96. The molecule has 160 valence electrons. The van der Waals surface area contributed by atoms with Gasteiger partial charge < -0.3 is 5.32 Å². The predicted octanol–water partition coefficient (Wildman–Crippen LogP) is 3.21. The Labute approximate surface area is 186 Å². The Hall–Kier alpha value is -1.57. The number of fused-ring (bicyclic) bond motifs is 1. The molecule has 2 aromatic heterocycles. The summed E-state index contributed by atoms with van der Waals surface area (Å²) in [5.74, 6) is -0.471. The average molecular weight is 506 g/mol. The normalized spacial score (nSPS) is 18.1. The largest absolute Gasteiger partial charge is 0.301 e. The van der Waals surface area contributed by atoms with E-state index in [0.717, 1.165) is 28.9 Å². The lowest BCUT2D eigenvalue weighted by Crippen LogP contribution is -2.42. The van der Waals surface area contributed by atoms with Crippen molar-refractivity contribution in [1.29, 1.82) is 0 Å². The first kappa shape index (κ1) is 21.7. The molecule has 1 aliphatic heterocycles. The zero-order valence-electron chi connectivity index (χ0n) is 15.5. The van der Waals surface area contributed by atoms with Crippen molar-refractivity contribution in [2.24, 2.45) is 0 Å². The van der Waals surface area contributed by atoms with Crippen molar-refractivity contribution < 1.29 is 21.6 Å². The molecule has 1 atom stereocenters. The van der Waals surface area contributed by atoms with Gasteiger partial charge in [0, 0.05) is 12.8 Å². The molecule has 0 saturated carbocycles. The van der Waals surface area contributed by atoms with Gasteiger partial charge in [-0.2, -0.15) is 4.31 Å². The first-order valence-electron chi connectivity index (χ1n) is 8.74. The fraction of sp³-hybridized carbons (Fsp3) is 0.294. The number of carbonyl (C=O) groups excluding carboxylic acids is 1. The molecule has 8 nitrogen and oxygen atoms in total. The molecule has 3 heterocycles. The maximum absolute atomic E-state index is 12.9. The standard InChI is InChI=1S/C17H16ClN3O5S4/c1-29(23,24)10-4-5-11-13(9-10)27-17(19-11)20-16(22)12-3-2-8-21(12)30(25,26)15-7-6-14(18)28-15/h4-7,9,12H,2-3,8H2,1H3,(H,19,20,22). The summed E-state index contributed by atoms with van der Waals surface area (Å²) in [6, 6.07) is 6.63. The highest BCUT2D eigenvalue weighted by Gasteiger charge is 2.40. The zero-order chi connectivity index (χ0) is 21.7. The van der Waals surface area contributed by atoms with E-state index in [-0.39, 0.29) is 20.8 Å². The number of sulfonamides is 1. The molecule has 1 aromatic carbocycles. The molecule has 1 aliphatic rings. The molecule has 1 fully saturated rings. The number of halogens is 1. The molecule has 0 radical (unpaired) electrons. The van der Waals surface area contributed by atoms with Crippen molar-refractivity contribution in [2.75, 3.05) is 18.1 Å². The first-order chi connectivity index (χ1) is 14.1. The molecule has 4 rings (SSSR count). The number of sulfone groups is 1. The van der Waals surface area contributed by atoms with Crippen molar-refractivity contribution in [3.63, 3.8) is 0 Å². The molecular weight excluding hydrogens is 490 g/mol. The zero-order valence-corrected chi connectivity index (χ0v) is 19.6. The number of rotatable bonds is 5. The summed E-state index contributed by atoms with van der Waals surface area (Å²) < 4.78 is 51.5. The van der Waals surface area contributed by atoms with Crippen LogP contribution in [0.15, 0.2) is 39.4 Å². The number of nitrogens with zero attached hydrogens (tertiary/aromatic N) is 2. The van der Waals surface area contributed by atoms with Gasteiger partial charge in [0.15, 0.2) is 15.0 Å². The van der Waals surface area contributed by atoms with Gasteiger partial charge in [-0.25, -0.2) is 21.8 Å². The number of anilines is 1. The monoisotopic (exact) mass is 505 g/mol. The lowest BCUT2D eigenvalue weighted by Gasteiger charge is -2.22. The number of carbonyl (C=O) groups is 1. The first-order valence-corrected chi connectivity index (χ1v) is 14.1. The maximum atomic E-state index is 12.9. The molecule has 30 heavy (non-hydrogen) atoms. The number of aromatic nitrogens is 1. The van der Waals surface area contributed by atoms with Crippen LogP contribution < -0.4 is 5.32 Å². The summed E-state index contributed by atoms with van der Waals surface area (Å²) in [5.41, 5.74) is 0.548. The highest BCUT2D eigenvalue weighted by atomic mass is 35.5. The minimum absolute atomic E-state index is 0.0977. The second-order valence-corrected chi connectivity index (χ2v) is 13.6. The van der Waals surface area contributed by atoms with E-state index in [4.69, 9.17) is 11.6 Å². The topological polar surface area (TPSA) is 114 Å². The molecule has 3 aromatic rings. The van der Waals surface area contributed by atoms with E-state index in [0.29, 0.717) is 27.4 Å². The van der Waals surface area contributed by atoms with E-state index >= 15 is 0 Å². The number of thiazole rings is 1. The molecule has 1 amide bonds. The number of hydrogen-bond donors (Lipinski definition) is 1. The van der Waals surface area contributed by atoms with Crippen molar-refractivity contribution in [2.45, 2.75) is 28.0 Å². The van der Waals surface area contributed by atoms with Crippen LogP contribution >= 0.6 is 34.3 Å². The summed E-state index contributed by atoms with van der Waals surface area (Å²) in [6.07, 6.45) is 2.08.